The molecule has 0 saturated heterocycles. The lowest BCUT2D eigenvalue weighted by atomic mass is 10.0. The Balaban J connectivity index is 1.97. The summed E-state index contributed by atoms with van der Waals surface area (Å²) < 4.78 is 5.47. The molecule has 0 unspecified atom stereocenters. The van der Waals surface area contributed by atoms with Crippen LogP contribution in [0.1, 0.15) is 34.0 Å². The number of amides is 1. The summed E-state index contributed by atoms with van der Waals surface area (Å²) in [5, 5.41) is 9.90. The second-order valence-electron chi connectivity index (χ2n) is 5.78. The summed E-state index contributed by atoms with van der Waals surface area (Å²) >= 11 is 0. The van der Waals surface area contributed by atoms with Gasteiger partial charge in [0.1, 0.15) is 16.9 Å². The van der Waals surface area contributed by atoms with Gasteiger partial charge in [0.05, 0.1) is 0 Å². The van der Waals surface area contributed by atoms with Crippen LogP contribution in [0.25, 0.3) is 11.0 Å². The molecule has 1 amide bonds. The molecule has 0 spiro atoms. The summed E-state index contributed by atoms with van der Waals surface area (Å²) in [4.78, 5) is 24.9. The Hall–Kier alpha value is -2.30. The van der Waals surface area contributed by atoms with Gasteiger partial charge in [-0.2, -0.15) is 0 Å². The zero-order valence-corrected chi connectivity index (χ0v) is 12.2. The van der Waals surface area contributed by atoms with Gasteiger partial charge in [-0.05, 0) is 37.0 Å². The highest BCUT2D eigenvalue weighted by molar-refractivity contribution is 6.03. The molecule has 5 nitrogen and oxygen atoms in total. The molecule has 5 heteroatoms. The standard InChI is InChI=1S/C16H17NO4/c1-8-14(16(19)20)12-6-9(4-5-13(12)21-8)10-7-11(10)15(18)17(2)3/h4-6,10-11H,7H2,1-3H3,(H,19,20)/t10-,11+/m0/s1. The minimum Gasteiger partial charge on any atom is -0.478 e. The molecular formula is C16H17NO4. The number of hydrogen-bond acceptors (Lipinski definition) is 3. The van der Waals surface area contributed by atoms with Gasteiger partial charge in [0.25, 0.3) is 0 Å². The number of benzene rings is 1. The number of carbonyl (C=O) groups is 2. The molecule has 1 aliphatic carbocycles. The van der Waals surface area contributed by atoms with E-state index in [4.69, 9.17) is 4.42 Å². The van der Waals surface area contributed by atoms with Crippen molar-refractivity contribution in [1.29, 1.82) is 0 Å². The molecule has 1 N–H and O–H groups in total. The zero-order valence-electron chi connectivity index (χ0n) is 12.2. The van der Waals surface area contributed by atoms with Crippen LogP contribution in [0.5, 0.6) is 0 Å². The molecule has 0 radical (unpaired) electrons. The molecule has 1 aromatic heterocycles. The molecule has 110 valence electrons. The Labute approximate surface area is 122 Å². The van der Waals surface area contributed by atoms with Gasteiger partial charge < -0.3 is 14.4 Å². The fraction of sp³-hybridized carbons (Fsp3) is 0.375. The molecule has 2 aromatic rings. The number of rotatable bonds is 3. The Bertz CT molecular complexity index is 744. The zero-order chi connectivity index (χ0) is 15.3. The predicted molar refractivity (Wildman–Crippen MR) is 77.5 cm³/mol. The van der Waals surface area contributed by atoms with E-state index in [1.54, 1.807) is 32.0 Å². The maximum Gasteiger partial charge on any atom is 0.339 e. The number of hydrogen-bond donors (Lipinski definition) is 1. The monoisotopic (exact) mass is 287 g/mol. The third-order valence-corrected chi connectivity index (χ3v) is 4.08. The summed E-state index contributed by atoms with van der Waals surface area (Å²) in [6, 6.07) is 5.56. The molecule has 21 heavy (non-hydrogen) atoms. The third-order valence-electron chi connectivity index (χ3n) is 4.08. The lowest BCUT2D eigenvalue weighted by Gasteiger charge is -2.09. The molecule has 3 rings (SSSR count). The first-order valence-electron chi connectivity index (χ1n) is 6.87. The van der Waals surface area contributed by atoms with E-state index in [0.29, 0.717) is 16.7 Å². The highest BCUT2D eigenvalue weighted by Crippen LogP contribution is 2.49. The van der Waals surface area contributed by atoms with Gasteiger partial charge in [0, 0.05) is 25.4 Å². The van der Waals surface area contributed by atoms with Gasteiger partial charge in [-0.1, -0.05) is 6.07 Å². The summed E-state index contributed by atoms with van der Waals surface area (Å²) in [5.41, 5.74) is 1.79. The number of aromatic carboxylic acids is 1. The highest BCUT2D eigenvalue weighted by Gasteiger charge is 2.44. The van der Waals surface area contributed by atoms with Crippen LogP contribution in [0.15, 0.2) is 22.6 Å². The first kappa shape index (κ1) is 13.7. The van der Waals surface area contributed by atoms with Gasteiger partial charge in [0.2, 0.25) is 5.91 Å². The Morgan fingerprint density at radius 3 is 2.67 bits per heavy atom. The second kappa shape index (κ2) is 4.62. The van der Waals surface area contributed by atoms with Crippen LogP contribution in [0.3, 0.4) is 0 Å². The molecule has 0 aliphatic heterocycles. The van der Waals surface area contributed by atoms with E-state index in [1.807, 2.05) is 12.1 Å². The Kier molecular flexibility index (Phi) is 3.01. The predicted octanol–water partition coefficient (Wildman–Crippen LogP) is 2.63. The Morgan fingerprint density at radius 2 is 2.05 bits per heavy atom. The number of carboxylic acids is 1. The van der Waals surface area contributed by atoms with E-state index in [2.05, 4.69) is 0 Å². The number of fused-ring (bicyclic) bond motifs is 1. The van der Waals surface area contributed by atoms with Crippen molar-refractivity contribution in [1.82, 2.24) is 4.90 Å². The topological polar surface area (TPSA) is 70.8 Å². The van der Waals surface area contributed by atoms with Crippen LogP contribution in [0.4, 0.5) is 0 Å². The first-order chi connectivity index (χ1) is 9.90. The number of carboxylic acid groups (broad SMARTS) is 1. The molecule has 1 aromatic carbocycles. The largest absolute Gasteiger partial charge is 0.478 e. The average Bonchev–Trinajstić information content (AvgIpc) is 3.13. The number of carbonyl (C=O) groups excluding carboxylic acids is 1. The van der Waals surface area contributed by atoms with E-state index in [-0.39, 0.29) is 23.3 Å². The molecule has 2 atom stereocenters. The first-order valence-corrected chi connectivity index (χ1v) is 6.87. The van der Waals surface area contributed by atoms with E-state index in [9.17, 15) is 14.7 Å². The maximum atomic E-state index is 11.9. The molecule has 1 saturated carbocycles. The van der Waals surface area contributed by atoms with Crippen molar-refractivity contribution in [3.63, 3.8) is 0 Å². The molecule has 1 fully saturated rings. The summed E-state index contributed by atoms with van der Waals surface area (Å²) in [5.74, 6) is -0.256. The van der Waals surface area contributed by atoms with Crippen LogP contribution >= 0.6 is 0 Å². The molecule has 0 bridgehead atoms. The smallest absolute Gasteiger partial charge is 0.339 e. The Morgan fingerprint density at radius 1 is 1.33 bits per heavy atom. The maximum absolute atomic E-state index is 11.9. The van der Waals surface area contributed by atoms with E-state index in [1.165, 1.54) is 0 Å². The van der Waals surface area contributed by atoms with E-state index >= 15 is 0 Å². The summed E-state index contributed by atoms with van der Waals surface area (Å²) in [6.07, 6.45) is 0.821. The second-order valence-corrected chi connectivity index (χ2v) is 5.78. The highest BCUT2D eigenvalue weighted by atomic mass is 16.4. The van der Waals surface area contributed by atoms with Gasteiger partial charge in [-0.3, -0.25) is 4.79 Å². The fourth-order valence-corrected chi connectivity index (χ4v) is 2.90. The summed E-state index contributed by atoms with van der Waals surface area (Å²) in [7, 11) is 3.51. The van der Waals surface area contributed by atoms with Gasteiger partial charge in [-0.15, -0.1) is 0 Å². The average molecular weight is 287 g/mol. The van der Waals surface area contributed by atoms with Gasteiger partial charge in [-0.25, -0.2) is 4.79 Å². The van der Waals surface area contributed by atoms with Crippen LogP contribution in [0.2, 0.25) is 0 Å². The molecular weight excluding hydrogens is 270 g/mol. The van der Waals surface area contributed by atoms with Crippen molar-refractivity contribution in [2.75, 3.05) is 14.1 Å². The van der Waals surface area contributed by atoms with Gasteiger partial charge in [0.15, 0.2) is 0 Å². The quantitative estimate of drug-likeness (QED) is 0.942. The van der Waals surface area contributed by atoms with Crippen LogP contribution in [-0.2, 0) is 4.79 Å². The minimum absolute atomic E-state index is 0.0127. The van der Waals surface area contributed by atoms with E-state index < -0.39 is 5.97 Å². The molecule has 1 heterocycles. The number of aryl methyl sites for hydroxylation is 1. The third kappa shape index (κ3) is 2.18. The van der Waals surface area contributed by atoms with Crippen molar-refractivity contribution in [2.24, 2.45) is 5.92 Å². The van der Waals surface area contributed by atoms with Crippen LogP contribution < -0.4 is 0 Å². The van der Waals surface area contributed by atoms with Crippen molar-refractivity contribution in [2.45, 2.75) is 19.3 Å². The van der Waals surface area contributed by atoms with E-state index in [0.717, 1.165) is 12.0 Å². The minimum atomic E-state index is -0.986. The lowest BCUT2D eigenvalue weighted by molar-refractivity contribution is -0.130. The van der Waals surface area contributed by atoms with Crippen molar-refractivity contribution < 1.29 is 19.1 Å². The SMILES string of the molecule is Cc1oc2ccc([C@@H]3C[C@H]3C(=O)N(C)C)cc2c1C(=O)O. The summed E-state index contributed by atoms with van der Waals surface area (Å²) in [6.45, 7) is 1.65. The normalized spacial score (nSPS) is 20.5. The van der Waals surface area contributed by atoms with Crippen LogP contribution in [-0.4, -0.2) is 36.0 Å². The lowest BCUT2D eigenvalue weighted by Crippen LogP contribution is -2.23. The number of nitrogens with zero attached hydrogens (tertiary/aromatic N) is 1. The van der Waals surface area contributed by atoms with Gasteiger partial charge >= 0.3 is 5.97 Å². The van der Waals surface area contributed by atoms with Crippen LogP contribution in [0, 0.1) is 12.8 Å². The van der Waals surface area contributed by atoms with Crippen molar-refractivity contribution in [3.05, 3.63) is 35.1 Å². The van der Waals surface area contributed by atoms with Crippen molar-refractivity contribution >= 4 is 22.8 Å². The molecule has 1 aliphatic rings. The van der Waals surface area contributed by atoms with Crippen molar-refractivity contribution in [3.8, 4) is 0 Å². The fourth-order valence-electron chi connectivity index (χ4n) is 2.90. The number of furan rings is 1.